The lowest BCUT2D eigenvalue weighted by Crippen LogP contribution is -2.35. The minimum Gasteiger partial charge on any atom is -0.386 e. The van der Waals surface area contributed by atoms with Crippen molar-refractivity contribution in [1.29, 1.82) is 0 Å². The van der Waals surface area contributed by atoms with Crippen molar-refractivity contribution in [2.75, 3.05) is 6.54 Å². The number of nitrogens with zero attached hydrogens (tertiary/aromatic N) is 1. The van der Waals surface area contributed by atoms with Crippen LogP contribution in [0, 0.1) is 10.1 Å². The van der Waals surface area contributed by atoms with Crippen LogP contribution in [0.3, 0.4) is 0 Å². The third-order valence-corrected chi connectivity index (χ3v) is 3.53. The zero-order valence-electron chi connectivity index (χ0n) is 9.36. The maximum Gasteiger partial charge on any atom is 0.270 e. The lowest BCUT2D eigenvalue weighted by molar-refractivity contribution is -0.385. The molecule has 1 atom stereocenters. The molecule has 1 unspecified atom stereocenters. The van der Waals surface area contributed by atoms with Crippen LogP contribution in [0.4, 0.5) is 14.5 Å². The number of halogens is 2. The van der Waals surface area contributed by atoms with Crippen molar-refractivity contribution in [1.82, 2.24) is 4.72 Å². The van der Waals surface area contributed by atoms with Crippen LogP contribution >= 0.6 is 0 Å². The summed E-state index contributed by atoms with van der Waals surface area (Å²) in [5.41, 5.74) is -0.447. The highest BCUT2D eigenvalue weighted by Gasteiger charge is 2.22. The number of benzene rings is 1. The number of hydrogen-bond acceptors (Lipinski definition) is 5. The molecule has 19 heavy (non-hydrogen) atoms. The van der Waals surface area contributed by atoms with Gasteiger partial charge in [-0.15, -0.1) is 0 Å². The standard InChI is InChI=1S/C9H10F2N2O5S/c10-9(11)8(14)5-12-19(17,18)7-3-1-2-6(4-7)13(15)16/h1-4,8-9,12,14H,5H2. The van der Waals surface area contributed by atoms with Gasteiger partial charge in [0, 0.05) is 18.7 Å². The fourth-order valence-corrected chi connectivity index (χ4v) is 2.22. The number of nitro groups is 1. The number of nitrogens with one attached hydrogen (secondary N) is 1. The third kappa shape index (κ3) is 4.19. The summed E-state index contributed by atoms with van der Waals surface area (Å²) in [5, 5.41) is 19.3. The van der Waals surface area contributed by atoms with E-state index in [0.717, 1.165) is 24.3 Å². The summed E-state index contributed by atoms with van der Waals surface area (Å²) in [6.07, 6.45) is -5.23. The van der Waals surface area contributed by atoms with Crippen LogP contribution in [-0.2, 0) is 10.0 Å². The van der Waals surface area contributed by atoms with Crippen molar-refractivity contribution in [2.24, 2.45) is 0 Å². The van der Waals surface area contributed by atoms with Gasteiger partial charge in [0.05, 0.1) is 9.82 Å². The lowest BCUT2D eigenvalue weighted by Gasteiger charge is -2.11. The molecule has 0 fully saturated rings. The Labute approximate surface area is 107 Å². The van der Waals surface area contributed by atoms with E-state index >= 15 is 0 Å². The van der Waals surface area contributed by atoms with Gasteiger partial charge in [0.1, 0.15) is 6.10 Å². The second kappa shape index (κ2) is 5.99. The average molecular weight is 296 g/mol. The van der Waals surface area contributed by atoms with Gasteiger partial charge in [0.25, 0.3) is 12.1 Å². The zero-order valence-corrected chi connectivity index (χ0v) is 10.2. The summed E-state index contributed by atoms with van der Waals surface area (Å²) >= 11 is 0. The predicted octanol–water partition coefficient (Wildman–Crippen LogP) is 0.499. The fourth-order valence-electron chi connectivity index (χ4n) is 1.13. The summed E-state index contributed by atoms with van der Waals surface area (Å²) in [5.74, 6) is 0. The highest BCUT2D eigenvalue weighted by molar-refractivity contribution is 7.89. The SMILES string of the molecule is O=[N+]([O-])c1cccc(S(=O)(=O)NCC(O)C(F)F)c1. The van der Waals surface area contributed by atoms with Gasteiger partial charge in [0.2, 0.25) is 10.0 Å². The van der Waals surface area contributed by atoms with Crippen molar-refractivity contribution >= 4 is 15.7 Å². The number of aliphatic hydroxyl groups excluding tert-OH is 1. The lowest BCUT2D eigenvalue weighted by atomic mass is 10.3. The maximum atomic E-state index is 12.0. The van der Waals surface area contributed by atoms with E-state index in [1.54, 1.807) is 4.72 Å². The Morgan fingerprint density at radius 2 is 2.05 bits per heavy atom. The molecule has 2 N–H and O–H groups in total. The van der Waals surface area contributed by atoms with Gasteiger partial charge in [-0.05, 0) is 6.07 Å². The molecule has 106 valence electrons. The first-order valence-corrected chi connectivity index (χ1v) is 6.42. The van der Waals surface area contributed by atoms with Gasteiger partial charge in [-0.2, -0.15) is 0 Å². The number of sulfonamides is 1. The fraction of sp³-hybridized carbons (Fsp3) is 0.333. The van der Waals surface area contributed by atoms with Crippen LogP contribution in [-0.4, -0.2) is 37.5 Å². The number of nitro benzene ring substituents is 1. The van der Waals surface area contributed by atoms with Gasteiger partial charge in [-0.25, -0.2) is 21.9 Å². The molecule has 1 rings (SSSR count). The molecular formula is C9H10F2N2O5S. The number of alkyl halides is 2. The summed E-state index contributed by atoms with van der Waals surface area (Å²) in [7, 11) is -4.19. The molecule has 1 aromatic carbocycles. The number of aliphatic hydroxyl groups is 1. The van der Waals surface area contributed by atoms with E-state index in [1.165, 1.54) is 0 Å². The summed E-state index contributed by atoms with van der Waals surface area (Å²) < 4.78 is 49.0. The Morgan fingerprint density at radius 1 is 1.42 bits per heavy atom. The highest BCUT2D eigenvalue weighted by Crippen LogP contribution is 2.17. The molecule has 0 spiro atoms. The van der Waals surface area contributed by atoms with Crippen LogP contribution in [0.25, 0.3) is 0 Å². The molecule has 0 heterocycles. The topological polar surface area (TPSA) is 110 Å². The molecule has 0 saturated carbocycles. The predicted molar refractivity (Wildman–Crippen MR) is 60.3 cm³/mol. The molecule has 0 aliphatic carbocycles. The van der Waals surface area contributed by atoms with Crippen LogP contribution in [0.5, 0.6) is 0 Å². The van der Waals surface area contributed by atoms with Gasteiger partial charge < -0.3 is 5.11 Å². The Hall–Kier alpha value is -1.65. The summed E-state index contributed by atoms with van der Waals surface area (Å²) in [6.45, 7) is -0.886. The van der Waals surface area contributed by atoms with Crippen molar-refractivity contribution in [3.8, 4) is 0 Å². The van der Waals surface area contributed by atoms with E-state index in [1.807, 2.05) is 0 Å². The van der Waals surface area contributed by atoms with E-state index < -0.39 is 44.6 Å². The first-order valence-electron chi connectivity index (χ1n) is 4.94. The summed E-state index contributed by atoms with van der Waals surface area (Å²) in [4.78, 5) is 9.26. The van der Waals surface area contributed by atoms with Crippen LogP contribution < -0.4 is 4.72 Å². The smallest absolute Gasteiger partial charge is 0.270 e. The zero-order chi connectivity index (χ0) is 14.6. The quantitative estimate of drug-likeness (QED) is 0.586. The molecule has 1 aromatic rings. The molecule has 0 bridgehead atoms. The van der Waals surface area contributed by atoms with E-state index in [9.17, 15) is 27.3 Å². The van der Waals surface area contributed by atoms with Gasteiger partial charge in [0.15, 0.2) is 0 Å². The van der Waals surface area contributed by atoms with Crippen molar-refractivity contribution in [3.05, 3.63) is 34.4 Å². The molecule has 10 heteroatoms. The highest BCUT2D eigenvalue weighted by atomic mass is 32.2. The molecule has 0 aliphatic rings. The largest absolute Gasteiger partial charge is 0.386 e. The average Bonchev–Trinajstić information content (AvgIpc) is 2.36. The Bertz CT molecular complexity index is 563. The van der Waals surface area contributed by atoms with E-state index in [4.69, 9.17) is 5.11 Å². The Balaban J connectivity index is 2.89. The van der Waals surface area contributed by atoms with Gasteiger partial charge >= 0.3 is 0 Å². The van der Waals surface area contributed by atoms with Gasteiger partial charge in [-0.3, -0.25) is 10.1 Å². The van der Waals surface area contributed by atoms with Crippen LogP contribution in [0.2, 0.25) is 0 Å². The van der Waals surface area contributed by atoms with Crippen molar-refractivity contribution in [2.45, 2.75) is 17.4 Å². The van der Waals surface area contributed by atoms with Crippen LogP contribution in [0.1, 0.15) is 0 Å². The molecule has 0 saturated heterocycles. The normalized spacial score (nSPS) is 13.5. The van der Waals surface area contributed by atoms with E-state index in [0.29, 0.717) is 0 Å². The molecule has 0 radical (unpaired) electrons. The molecule has 0 aliphatic heterocycles. The van der Waals surface area contributed by atoms with Crippen LogP contribution in [0.15, 0.2) is 29.2 Å². The minimum atomic E-state index is -4.19. The van der Waals surface area contributed by atoms with Gasteiger partial charge in [-0.1, -0.05) is 6.07 Å². The number of hydrogen-bond donors (Lipinski definition) is 2. The molecule has 0 amide bonds. The molecule has 0 aromatic heterocycles. The van der Waals surface area contributed by atoms with E-state index in [2.05, 4.69) is 0 Å². The number of rotatable bonds is 6. The molecule has 7 nitrogen and oxygen atoms in total. The number of non-ortho nitro benzene ring substituents is 1. The van der Waals surface area contributed by atoms with Crippen molar-refractivity contribution < 1.29 is 27.2 Å². The Kier molecular flexibility index (Phi) is 4.86. The second-order valence-corrected chi connectivity index (χ2v) is 5.28. The maximum absolute atomic E-state index is 12.0. The Morgan fingerprint density at radius 3 is 2.58 bits per heavy atom. The first kappa shape index (κ1) is 15.4. The third-order valence-electron chi connectivity index (χ3n) is 2.11. The molecular weight excluding hydrogens is 286 g/mol. The minimum absolute atomic E-state index is 0.442. The monoisotopic (exact) mass is 296 g/mol. The van der Waals surface area contributed by atoms with Crippen molar-refractivity contribution in [3.63, 3.8) is 0 Å². The van der Waals surface area contributed by atoms with E-state index in [-0.39, 0.29) is 0 Å². The first-order chi connectivity index (χ1) is 8.74. The summed E-state index contributed by atoms with van der Waals surface area (Å²) in [6, 6.07) is 4.10. The second-order valence-electron chi connectivity index (χ2n) is 3.51.